The Labute approximate surface area is 139 Å². The van der Waals surface area contributed by atoms with Gasteiger partial charge in [0.25, 0.3) is 0 Å². The van der Waals surface area contributed by atoms with E-state index in [0.29, 0.717) is 0 Å². The molecule has 0 fully saturated rings. The van der Waals surface area contributed by atoms with Gasteiger partial charge in [0.2, 0.25) is 0 Å². The summed E-state index contributed by atoms with van der Waals surface area (Å²) in [5.74, 6) is 0. The molecule has 1 radical (unpaired) electrons. The first-order valence-corrected chi connectivity index (χ1v) is 8.09. The van der Waals surface area contributed by atoms with Gasteiger partial charge in [-0.3, -0.25) is 5.32 Å². The summed E-state index contributed by atoms with van der Waals surface area (Å²) in [6, 6.07) is 31.9. The Kier molecular flexibility index (Phi) is 4.89. The van der Waals surface area contributed by atoms with Crippen LogP contribution in [0, 0.1) is 6.92 Å². The topological polar surface area (TPSA) is 12.0 Å². The summed E-state index contributed by atoms with van der Waals surface area (Å²) in [5, 5.41) is 3.77. The molecule has 0 amide bonds. The van der Waals surface area contributed by atoms with Crippen molar-refractivity contribution in [2.45, 2.75) is 12.0 Å². The Morgan fingerprint density at radius 2 is 0.957 bits per heavy atom. The lowest BCUT2D eigenvalue weighted by Gasteiger charge is -2.37. The molecule has 0 atom stereocenters. The lowest BCUT2D eigenvalue weighted by molar-refractivity contribution is 0.478. The summed E-state index contributed by atoms with van der Waals surface area (Å²) < 4.78 is 0. The van der Waals surface area contributed by atoms with Gasteiger partial charge >= 0.3 is 0 Å². The molecule has 1 N–H and O–H groups in total. The summed E-state index contributed by atoms with van der Waals surface area (Å²) in [6.45, 7) is 4.85. The Morgan fingerprint density at radius 3 is 1.26 bits per heavy atom. The van der Waals surface area contributed by atoms with Crippen molar-refractivity contribution < 1.29 is 0 Å². The van der Waals surface area contributed by atoms with E-state index in [1.807, 2.05) is 0 Å². The first-order chi connectivity index (χ1) is 11.4. The summed E-state index contributed by atoms with van der Waals surface area (Å²) >= 11 is 0. The second kappa shape index (κ2) is 7.26. The van der Waals surface area contributed by atoms with Crippen LogP contribution in [0.2, 0.25) is 0 Å². The van der Waals surface area contributed by atoms with Gasteiger partial charge in [0.15, 0.2) is 0 Å². The molecule has 1 heteroatoms. The van der Waals surface area contributed by atoms with Gasteiger partial charge < -0.3 is 0 Å². The van der Waals surface area contributed by atoms with E-state index in [1.54, 1.807) is 0 Å². The molecule has 0 aromatic heterocycles. The van der Waals surface area contributed by atoms with E-state index >= 15 is 0 Å². The molecular weight excluding hydrogens is 278 g/mol. The monoisotopic (exact) mass is 300 g/mol. The first-order valence-electron chi connectivity index (χ1n) is 8.09. The molecule has 23 heavy (non-hydrogen) atoms. The summed E-state index contributed by atoms with van der Waals surface area (Å²) in [6.07, 6.45) is 0.842. The van der Waals surface area contributed by atoms with Crippen molar-refractivity contribution in [3.8, 4) is 0 Å². The van der Waals surface area contributed by atoms with Crippen LogP contribution in [0.3, 0.4) is 0 Å². The van der Waals surface area contributed by atoms with Crippen molar-refractivity contribution in [1.82, 2.24) is 5.32 Å². The van der Waals surface area contributed by atoms with Gasteiger partial charge in [-0.1, -0.05) is 97.9 Å². The van der Waals surface area contributed by atoms with Crippen molar-refractivity contribution in [1.29, 1.82) is 0 Å². The maximum absolute atomic E-state index is 4.01. The third-order valence-electron chi connectivity index (χ3n) is 4.19. The zero-order chi connectivity index (χ0) is 16.0. The molecule has 1 nitrogen and oxygen atoms in total. The van der Waals surface area contributed by atoms with E-state index in [-0.39, 0.29) is 5.54 Å². The minimum Gasteiger partial charge on any atom is -0.300 e. The third kappa shape index (κ3) is 3.06. The fourth-order valence-corrected chi connectivity index (χ4v) is 3.15. The van der Waals surface area contributed by atoms with Crippen LogP contribution >= 0.6 is 0 Å². The van der Waals surface area contributed by atoms with Gasteiger partial charge in [0, 0.05) is 0 Å². The molecule has 115 valence electrons. The molecule has 0 unspecified atom stereocenters. The number of hydrogen-bond donors (Lipinski definition) is 1. The molecule has 3 aromatic rings. The molecule has 0 aliphatic heterocycles. The number of benzene rings is 3. The lowest BCUT2D eigenvalue weighted by atomic mass is 9.77. The highest BCUT2D eigenvalue weighted by atomic mass is 15.0. The highest BCUT2D eigenvalue weighted by molar-refractivity contribution is 5.49. The SMILES string of the molecule is [CH2]CCNC(c1ccccc1)(c1ccccc1)c1ccccc1. The average Bonchev–Trinajstić information content (AvgIpc) is 2.65. The standard InChI is InChI=1S/C22H22N/c1-2-18-23-22(19-12-6-3-7-13-19,20-14-8-4-9-15-20)21-16-10-5-11-17-21/h3-17,23H,1-2,18H2. The predicted molar refractivity (Wildman–Crippen MR) is 97.2 cm³/mol. The highest BCUT2D eigenvalue weighted by Gasteiger charge is 2.35. The second-order valence-electron chi connectivity index (χ2n) is 5.63. The van der Waals surface area contributed by atoms with Crippen molar-refractivity contribution >= 4 is 0 Å². The molecular formula is C22H22N. The largest absolute Gasteiger partial charge is 0.300 e. The summed E-state index contributed by atoms with van der Waals surface area (Å²) in [4.78, 5) is 0. The highest BCUT2D eigenvalue weighted by Crippen LogP contribution is 2.36. The van der Waals surface area contributed by atoms with Crippen LogP contribution in [0.15, 0.2) is 91.0 Å². The van der Waals surface area contributed by atoms with E-state index in [4.69, 9.17) is 0 Å². The summed E-state index contributed by atoms with van der Waals surface area (Å²) in [5.41, 5.74) is 3.36. The van der Waals surface area contributed by atoms with Crippen LogP contribution in [0.4, 0.5) is 0 Å². The van der Waals surface area contributed by atoms with E-state index in [9.17, 15) is 0 Å². The van der Waals surface area contributed by atoms with Gasteiger partial charge in [-0.05, 0) is 29.7 Å². The van der Waals surface area contributed by atoms with Crippen molar-refractivity contribution in [2.75, 3.05) is 6.54 Å². The van der Waals surface area contributed by atoms with E-state index in [0.717, 1.165) is 13.0 Å². The van der Waals surface area contributed by atoms with Crippen LogP contribution in [-0.4, -0.2) is 6.54 Å². The Bertz CT molecular complexity index is 608. The Morgan fingerprint density at radius 1 is 0.609 bits per heavy atom. The number of hydrogen-bond acceptors (Lipinski definition) is 1. The normalized spacial score (nSPS) is 11.3. The molecule has 0 saturated heterocycles. The second-order valence-corrected chi connectivity index (χ2v) is 5.63. The van der Waals surface area contributed by atoms with Crippen molar-refractivity contribution in [3.05, 3.63) is 115 Å². The molecule has 3 rings (SSSR count). The van der Waals surface area contributed by atoms with Crippen LogP contribution < -0.4 is 5.32 Å². The van der Waals surface area contributed by atoms with E-state index < -0.39 is 0 Å². The van der Waals surface area contributed by atoms with Crippen LogP contribution in [0.5, 0.6) is 0 Å². The smallest absolute Gasteiger partial charge is 0.0947 e. The maximum atomic E-state index is 4.01. The van der Waals surface area contributed by atoms with E-state index in [1.165, 1.54) is 16.7 Å². The minimum atomic E-state index is -0.360. The molecule has 0 bridgehead atoms. The van der Waals surface area contributed by atoms with Crippen LogP contribution in [0.1, 0.15) is 23.1 Å². The van der Waals surface area contributed by atoms with E-state index in [2.05, 4.69) is 103 Å². The molecule has 0 heterocycles. The van der Waals surface area contributed by atoms with Crippen LogP contribution in [0.25, 0.3) is 0 Å². The van der Waals surface area contributed by atoms with Crippen molar-refractivity contribution in [2.24, 2.45) is 0 Å². The zero-order valence-corrected chi connectivity index (χ0v) is 13.3. The fourth-order valence-electron chi connectivity index (χ4n) is 3.15. The Balaban J connectivity index is 2.25. The zero-order valence-electron chi connectivity index (χ0n) is 13.3. The minimum absolute atomic E-state index is 0.360. The quantitative estimate of drug-likeness (QED) is 0.645. The molecule has 0 aliphatic carbocycles. The average molecular weight is 300 g/mol. The van der Waals surface area contributed by atoms with Gasteiger partial charge in [-0.15, -0.1) is 0 Å². The first kappa shape index (κ1) is 15.5. The molecule has 0 spiro atoms. The van der Waals surface area contributed by atoms with Gasteiger partial charge in [-0.2, -0.15) is 0 Å². The fraction of sp³-hybridized carbons (Fsp3) is 0.136. The molecule has 3 aromatic carbocycles. The van der Waals surface area contributed by atoms with Crippen LogP contribution in [-0.2, 0) is 5.54 Å². The molecule has 0 aliphatic rings. The van der Waals surface area contributed by atoms with Gasteiger partial charge in [0.05, 0.1) is 5.54 Å². The third-order valence-corrected chi connectivity index (χ3v) is 4.19. The number of nitrogens with one attached hydrogen (secondary N) is 1. The predicted octanol–water partition coefficient (Wildman–Crippen LogP) is 4.79. The van der Waals surface area contributed by atoms with Gasteiger partial charge in [-0.25, -0.2) is 0 Å². The summed E-state index contributed by atoms with van der Waals surface area (Å²) in [7, 11) is 0. The lowest BCUT2D eigenvalue weighted by Crippen LogP contribution is -2.45. The maximum Gasteiger partial charge on any atom is 0.0947 e. The van der Waals surface area contributed by atoms with Crippen molar-refractivity contribution in [3.63, 3.8) is 0 Å². The van der Waals surface area contributed by atoms with Gasteiger partial charge in [0.1, 0.15) is 0 Å². The Hall–Kier alpha value is -2.38. The number of rotatable bonds is 6. The molecule has 0 saturated carbocycles.